The Hall–Kier alpha value is -2.93. The van der Waals surface area contributed by atoms with Crippen molar-refractivity contribution >= 4 is 11.9 Å². The van der Waals surface area contributed by atoms with Gasteiger partial charge in [0.2, 0.25) is 0 Å². The lowest BCUT2D eigenvalue weighted by molar-refractivity contribution is -0.147. The predicted octanol–water partition coefficient (Wildman–Crippen LogP) is 3.72. The maximum Gasteiger partial charge on any atom is 0.348 e. The number of hydrogen-bond acceptors (Lipinski definition) is 6. The van der Waals surface area contributed by atoms with Gasteiger partial charge in [-0.1, -0.05) is 19.9 Å². The Labute approximate surface area is 176 Å². The fourth-order valence-corrected chi connectivity index (χ4v) is 3.33. The highest BCUT2D eigenvalue weighted by molar-refractivity contribution is 5.93. The van der Waals surface area contributed by atoms with Gasteiger partial charge >= 0.3 is 11.9 Å². The van der Waals surface area contributed by atoms with Crippen molar-refractivity contribution in [3.05, 3.63) is 46.0 Å². The summed E-state index contributed by atoms with van der Waals surface area (Å²) in [5.41, 5.74) is -2.99. The molecule has 1 aromatic carbocycles. The van der Waals surface area contributed by atoms with E-state index in [9.17, 15) is 27.2 Å². The van der Waals surface area contributed by atoms with E-state index in [1.165, 1.54) is 6.08 Å². The Morgan fingerprint density at radius 3 is 2.00 bits per heavy atom. The van der Waals surface area contributed by atoms with Crippen LogP contribution in [0.1, 0.15) is 31.9 Å². The molecule has 0 spiro atoms. The minimum atomic E-state index is -1.68. The number of carbonyl (C=O) groups excluding carboxylic acids is 2. The maximum atomic E-state index is 14.2. The molecule has 0 bridgehead atoms. The molecule has 1 fully saturated rings. The molecule has 0 aliphatic heterocycles. The number of rotatable bonds is 8. The van der Waals surface area contributed by atoms with Crippen LogP contribution in [0, 0.1) is 51.9 Å². The van der Waals surface area contributed by atoms with Crippen molar-refractivity contribution in [3.63, 3.8) is 0 Å². The molecule has 168 valence electrons. The van der Waals surface area contributed by atoms with Crippen LogP contribution >= 0.6 is 0 Å². The van der Waals surface area contributed by atoms with Gasteiger partial charge in [-0.2, -0.15) is 5.26 Å². The second kappa shape index (κ2) is 9.47. The van der Waals surface area contributed by atoms with Crippen LogP contribution < -0.4 is 0 Å². The second-order valence-corrected chi connectivity index (χ2v) is 7.49. The van der Waals surface area contributed by atoms with Gasteiger partial charge in [0.1, 0.15) is 18.2 Å². The molecule has 10 heteroatoms. The van der Waals surface area contributed by atoms with Crippen molar-refractivity contribution in [2.24, 2.45) is 17.3 Å². The molecule has 1 aliphatic carbocycles. The number of nitrogens with zero attached hydrogens (tertiary/aromatic N) is 1. The first-order valence-electron chi connectivity index (χ1n) is 9.31. The van der Waals surface area contributed by atoms with Crippen LogP contribution in [0.5, 0.6) is 0 Å². The van der Waals surface area contributed by atoms with Gasteiger partial charge in [-0.05, 0) is 18.3 Å². The van der Waals surface area contributed by atoms with E-state index in [1.807, 2.05) is 0 Å². The van der Waals surface area contributed by atoms with Crippen molar-refractivity contribution < 1.29 is 41.4 Å². The number of benzene rings is 1. The summed E-state index contributed by atoms with van der Waals surface area (Å²) in [7, 11) is 1.10. The molecule has 0 amide bonds. The summed E-state index contributed by atoms with van der Waals surface area (Å²) < 4.78 is 70.6. The highest BCUT2D eigenvalue weighted by atomic mass is 19.2. The summed E-state index contributed by atoms with van der Waals surface area (Å²) in [6, 6.07) is 1.70. The highest BCUT2D eigenvalue weighted by Crippen LogP contribution is 2.60. The van der Waals surface area contributed by atoms with Crippen LogP contribution in [-0.2, 0) is 37.0 Å². The third-order valence-electron chi connectivity index (χ3n) is 5.22. The van der Waals surface area contributed by atoms with E-state index < -0.39 is 76.8 Å². The number of ether oxygens (including phenoxy) is 3. The van der Waals surface area contributed by atoms with Gasteiger partial charge in [0, 0.05) is 7.11 Å². The molecular formula is C21H21F4NO5. The van der Waals surface area contributed by atoms with Crippen molar-refractivity contribution in [1.82, 2.24) is 0 Å². The molecule has 31 heavy (non-hydrogen) atoms. The first kappa shape index (κ1) is 24.3. The summed E-state index contributed by atoms with van der Waals surface area (Å²) in [6.45, 7) is 3.24. The van der Waals surface area contributed by atoms with Crippen molar-refractivity contribution in [2.75, 3.05) is 13.7 Å². The maximum absolute atomic E-state index is 14.2. The van der Waals surface area contributed by atoms with Crippen LogP contribution in [0.4, 0.5) is 17.6 Å². The number of halogens is 4. The number of allylic oxidation sites excluding steroid dienone is 1. The zero-order valence-electron chi connectivity index (χ0n) is 17.4. The molecule has 0 radical (unpaired) electrons. The van der Waals surface area contributed by atoms with Gasteiger partial charge in [0.15, 0.2) is 23.3 Å². The zero-order chi connectivity index (χ0) is 23.5. The van der Waals surface area contributed by atoms with Gasteiger partial charge < -0.3 is 14.2 Å². The third kappa shape index (κ3) is 4.71. The molecule has 1 saturated carbocycles. The largest absolute Gasteiger partial charge is 0.462 e. The van der Waals surface area contributed by atoms with Crippen molar-refractivity contribution in [3.8, 4) is 6.07 Å². The van der Waals surface area contributed by atoms with E-state index in [2.05, 4.69) is 4.74 Å². The van der Waals surface area contributed by atoms with Gasteiger partial charge in [-0.3, -0.25) is 4.79 Å². The van der Waals surface area contributed by atoms with E-state index in [4.69, 9.17) is 14.7 Å². The molecule has 0 saturated heterocycles. The lowest BCUT2D eigenvalue weighted by Crippen LogP contribution is -2.15. The molecule has 1 aromatic rings. The smallest absolute Gasteiger partial charge is 0.348 e. The number of nitriles is 1. The molecule has 0 N–H and O–H groups in total. The first-order chi connectivity index (χ1) is 14.5. The quantitative estimate of drug-likeness (QED) is 0.200. The topological polar surface area (TPSA) is 85.6 Å². The number of esters is 2. The van der Waals surface area contributed by atoms with E-state index >= 15 is 0 Å². The first-order valence-corrected chi connectivity index (χ1v) is 9.31. The highest BCUT2D eigenvalue weighted by Gasteiger charge is 2.62. The van der Waals surface area contributed by atoms with Crippen LogP contribution in [0.25, 0.3) is 0 Å². The second-order valence-electron chi connectivity index (χ2n) is 7.49. The van der Waals surface area contributed by atoms with Gasteiger partial charge in [-0.25, -0.2) is 22.4 Å². The average molecular weight is 443 g/mol. The van der Waals surface area contributed by atoms with Gasteiger partial charge in [-0.15, -0.1) is 0 Å². The van der Waals surface area contributed by atoms with Crippen LogP contribution in [0.2, 0.25) is 0 Å². The fraction of sp³-hybridized carbons (Fsp3) is 0.476. The standard InChI is InChI=1S/C21H21F4NO5/c1-5-30-19(27)10(7-26)6-13-14(21(13,2)3)20(28)31-9-12-17(24)15(22)11(8-29-4)16(23)18(12)25/h6,13-14H,5,8-9H2,1-4H3/b10-6+. The fourth-order valence-electron chi connectivity index (χ4n) is 3.33. The predicted molar refractivity (Wildman–Crippen MR) is 97.9 cm³/mol. The molecule has 6 nitrogen and oxygen atoms in total. The van der Waals surface area contributed by atoms with E-state index in [1.54, 1.807) is 26.8 Å². The monoisotopic (exact) mass is 443 g/mol. The Morgan fingerprint density at radius 2 is 1.55 bits per heavy atom. The van der Waals surface area contributed by atoms with Crippen LogP contribution in [-0.4, -0.2) is 25.7 Å². The van der Waals surface area contributed by atoms with E-state index in [0.717, 1.165) is 7.11 Å². The summed E-state index contributed by atoms with van der Waals surface area (Å²) >= 11 is 0. The van der Waals surface area contributed by atoms with Crippen LogP contribution in [0.15, 0.2) is 11.6 Å². The van der Waals surface area contributed by atoms with E-state index in [0.29, 0.717) is 0 Å². The van der Waals surface area contributed by atoms with Gasteiger partial charge in [0.05, 0.1) is 30.3 Å². The number of methoxy groups -OCH3 is 1. The summed E-state index contributed by atoms with van der Waals surface area (Å²) in [4.78, 5) is 24.2. The lowest BCUT2D eigenvalue weighted by atomic mass is 10.1. The number of carbonyl (C=O) groups is 2. The molecule has 2 rings (SSSR count). The summed E-state index contributed by atoms with van der Waals surface area (Å²) in [5.74, 6) is -9.78. The minimum absolute atomic E-state index is 0.0603. The molecule has 0 heterocycles. The molecule has 2 atom stereocenters. The van der Waals surface area contributed by atoms with Crippen molar-refractivity contribution in [2.45, 2.75) is 34.0 Å². The molecule has 0 aromatic heterocycles. The normalized spacial score (nSPS) is 19.5. The Bertz CT molecular complexity index is 938. The summed E-state index contributed by atoms with van der Waals surface area (Å²) in [6.07, 6.45) is 1.28. The van der Waals surface area contributed by atoms with E-state index in [-0.39, 0.29) is 12.2 Å². The Balaban J connectivity index is 2.19. The average Bonchev–Trinajstić information content (AvgIpc) is 3.27. The SMILES string of the molecule is CCOC(=O)/C(C#N)=C/C1C(C(=O)OCc2c(F)c(F)c(COC)c(F)c2F)C1(C)C. The zero-order valence-corrected chi connectivity index (χ0v) is 17.4. The Kier molecular flexibility index (Phi) is 7.44. The Morgan fingerprint density at radius 1 is 1.03 bits per heavy atom. The minimum Gasteiger partial charge on any atom is -0.462 e. The molecular weight excluding hydrogens is 422 g/mol. The number of hydrogen-bond donors (Lipinski definition) is 0. The third-order valence-corrected chi connectivity index (χ3v) is 5.22. The van der Waals surface area contributed by atoms with Crippen LogP contribution in [0.3, 0.4) is 0 Å². The molecule has 1 aliphatic rings. The van der Waals surface area contributed by atoms with Crippen molar-refractivity contribution in [1.29, 1.82) is 5.26 Å². The molecule has 2 unspecified atom stereocenters. The summed E-state index contributed by atoms with van der Waals surface area (Å²) in [5, 5.41) is 9.12. The van der Waals surface area contributed by atoms with Gasteiger partial charge in [0.25, 0.3) is 0 Å². The lowest BCUT2D eigenvalue weighted by Gasteiger charge is -2.12.